The number of rotatable bonds is 4. The monoisotopic (exact) mass is 256 g/mol. The van der Waals surface area contributed by atoms with Crippen molar-refractivity contribution in [2.75, 3.05) is 6.54 Å². The van der Waals surface area contributed by atoms with Crippen LogP contribution in [0.5, 0.6) is 0 Å². The van der Waals surface area contributed by atoms with Crippen LogP contribution in [0.4, 0.5) is 0 Å². The van der Waals surface area contributed by atoms with Crippen molar-refractivity contribution in [1.82, 2.24) is 14.5 Å². The number of nitrogens with two attached hydrogens (primary N) is 1. The number of nitrogens with zero attached hydrogens (tertiary/aromatic N) is 3. The standard InChI is InChI=1S/C14H16N4O/c15-5-7-18-8-12(17-9-18)14(19)11-4-3-10-2-1-6-16-13(10)11/h1-2,6,8-9,11H,3-5,7,15H2. The van der Waals surface area contributed by atoms with Gasteiger partial charge in [0, 0.05) is 25.5 Å². The summed E-state index contributed by atoms with van der Waals surface area (Å²) in [5, 5.41) is 0. The van der Waals surface area contributed by atoms with Gasteiger partial charge in [-0.15, -0.1) is 0 Å². The molecule has 0 aromatic carbocycles. The lowest BCUT2D eigenvalue weighted by Crippen LogP contribution is -2.12. The zero-order valence-corrected chi connectivity index (χ0v) is 10.6. The summed E-state index contributed by atoms with van der Waals surface area (Å²) >= 11 is 0. The fraction of sp³-hybridized carbons (Fsp3) is 0.357. The third-order valence-electron chi connectivity index (χ3n) is 3.55. The van der Waals surface area contributed by atoms with Gasteiger partial charge in [-0.1, -0.05) is 6.07 Å². The maximum absolute atomic E-state index is 12.5. The van der Waals surface area contributed by atoms with E-state index in [4.69, 9.17) is 5.73 Å². The van der Waals surface area contributed by atoms with Crippen LogP contribution in [0.15, 0.2) is 30.9 Å². The molecule has 0 spiro atoms. The quantitative estimate of drug-likeness (QED) is 0.833. The van der Waals surface area contributed by atoms with Crippen molar-refractivity contribution < 1.29 is 4.79 Å². The number of carbonyl (C=O) groups excluding carboxylic acids is 1. The van der Waals surface area contributed by atoms with E-state index in [1.54, 1.807) is 18.7 Å². The van der Waals surface area contributed by atoms with Crippen LogP contribution in [0, 0.1) is 0 Å². The van der Waals surface area contributed by atoms with Gasteiger partial charge in [0.2, 0.25) is 0 Å². The van der Waals surface area contributed by atoms with E-state index in [0.717, 1.165) is 18.5 Å². The fourth-order valence-electron chi connectivity index (χ4n) is 2.61. The zero-order valence-electron chi connectivity index (χ0n) is 10.6. The van der Waals surface area contributed by atoms with Crippen LogP contribution < -0.4 is 5.73 Å². The third kappa shape index (κ3) is 2.17. The fourth-order valence-corrected chi connectivity index (χ4v) is 2.61. The number of Topliss-reactive ketones (excluding diaryl/α,β-unsaturated/α-hetero) is 1. The Balaban J connectivity index is 1.85. The van der Waals surface area contributed by atoms with Crippen molar-refractivity contribution in [3.05, 3.63) is 47.8 Å². The highest BCUT2D eigenvalue weighted by Gasteiger charge is 2.31. The van der Waals surface area contributed by atoms with Gasteiger partial charge in [0.1, 0.15) is 5.69 Å². The molecule has 3 rings (SSSR count). The highest BCUT2D eigenvalue weighted by atomic mass is 16.1. The SMILES string of the molecule is NCCn1cnc(C(=O)C2CCc3cccnc32)c1. The maximum Gasteiger partial charge on any atom is 0.191 e. The number of imidazole rings is 1. The normalized spacial score (nSPS) is 17.4. The first kappa shape index (κ1) is 12.0. The molecule has 0 amide bonds. The summed E-state index contributed by atoms with van der Waals surface area (Å²) in [6.07, 6.45) is 6.93. The number of ketones is 1. The van der Waals surface area contributed by atoms with Crippen molar-refractivity contribution in [3.63, 3.8) is 0 Å². The van der Waals surface area contributed by atoms with Crippen molar-refractivity contribution in [3.8, 4) is 0 Å². The molecule has 0 aliphatic heterocycles. The van der Waals surface area contributed by atoms with Gasteiger partial charge in [0.15, 0.2) is 5.78 Å². The second-order valence-electron chi connectivity index (χ2n) is 4.79. The molecule has 1 aliphatic rings. The Kier molecular flexibility index (Phi) is 3.13. The molecule has 1 aliphatic carbocycles. The predicted molar refractivity (Wildman–Crippen MR) is 70.9 cm³/mol. The molecule has 98 valence electrons. The first-order valence-corrected chi connectivity index (χ1v) is 6.49. The molecular weight excluding hydrogens is 240 g/mol. The zero-order chi connectivity index (χ0) is 13.2. The summed E-state index contributed by atoms with van der Waals surface area (Å²) in [5.74, 6) is -0.0781. The minimum atomic E-state index is -0.141. The second kappa shape index (κ2) is 4.93. The van der Waals surface area contributed by atoms with Gasteiger partial charge in [0.25, 0.3) is 0 Å². The van der Waals surface area contributed by atoms with E-state index >= 15 is 0 Å². The molecule has 1 atom stereocenters. The van der Waals surface area contributed by atoms with Crippen molar-refractivity contribution in [2.45, 2.75) is 25.3 Å². The number of pyridine rings is 1. The van der Waals surface area contributed by atoms with Crippen LogP contribution in [0.2, 0.25) is 0 Å². The van der Waals surface area contributed by atoms with E-state index in [2.05, 4.69) is 9.97 Å². The Morgan fingerprint density at radius 1 is 1.47 bits per heavy atom. The van der Waals surface area contributed by atoms with Gasteiger partial charge < -0.3 is 10.3 Å². The van der Waals surface area contributed by atoms with Crippen molar-refractivity contribution in [1.29, 1.82) is 0 Å². The number of fused-ring (bicyclic) bond motifs is 1. The molecule has 1 unspecified atom stereocenters. The molecule has 5 heteroatoms. The molecule has 19 heavy (non-hydrogen) atoms. The number of carbonyl (C=O) groups is 1. The number of aromatic nitrogens is 3. The Morgan fingerprint density at radius 3 is 3.21 bits per heavy atom. The molecule has 2 aromatic heterocycles. The lowest BCUT2D eigenvalue weighted by Gasteiger charge is -2.07. The van der Waals surface area contributed by atoms with E-state index in [1.807, 2.05) is 16.7 Å². The summed E-state index contributed by atoms with van der Waals surface area (Å²) in [4.78, 5) is 21.0. The Hall–Kier alpha value is -2.01. The largest absolute Gasteiger partial charge is 0.335 e. The summed E-state index contributed by atoms with van der Waals surface area (Å²) in [5.41, 5.74) is 8.10. The van der Waals surface area contributed by atoms with Gasteiger partial charge >= 0.3 is 0 Å². The van der Waals surface area contributed by atoms with Crippen molar-refractivity contribution >= 4 is 5.78 Å². The molecule has 5 nitrogen and oxygen atoms in total. The van der Waals surface area contributed by atoms with Crippen LogP contribution in [0.25, 0.3) is 0 Å². The molecule has 0 bridgehead atoms. The maximum atomic E-state index is 12.5. The number of hydrogen-bond acceptors (Lipinski definition) is 4. The lowest BCUT2D eigenvalue weighted by atomic mass is 9.99. The van der Waals surface area contributed by atoms with E-state index in [9.17, 15) is 4.79 Å². The lowest BCUT2D eigenvalue weighted by molar-refractivity contribution is 0.0953. The molecule has 2 aromatic rings. The summed E-state index contributed by atoms with van der Waals surface area (Å²) in [6, 6.07) is 3.96. The van der Waals surface area contributed by atoms with Crippen molar-refractivity contribution in [2.24, 2.45) is 5.73 Å². The minimum Gasteiger partial charge on any atom is -0.335 e. The minimum absolute atomic E-state index is 0.0632. The molecule has 0 fully saturated rings. The van der Waals surface area contributed by atoms with Crippen LogP contribution in [0.1, 0.15) is 34.1 Å². The van der Waals surface area contributed by atoms with Crippen LogP contribution >= 0.6 is 0 Å². The first-order chi connectivity index (χ1) is 9.29. The average molecular weight is 256 g/mol. The van der Waals surface area contributed by atoms with Gasteiger partial charge in [-0.25, -0.2) is 4.98 Å². The van der Waals surface area contributed by atoms with Crippen LogP contribution in [-0.4, -0.2) is 26.9 Å². The van der Waals surface area contributed by atoms with E-state index in [1.165, 1.54) is 5.56 Å². The average Bonchev–Trinajstić information content (AvgIpc) is 3.05. The molecule has 0 saturated carbocycles. The molecular formula is C14H16N4O. The highest BCUT2D eigenvalue weighted by molar-refractivity contribution is 5.99. The van der Waals surface area contributed by atoms with E-state index in [0.29, 0.717) is 18.8 Å². The van der Waals surface area contributed by atoms with Gasteiger partial charge in [-0.05, 0) is 24.5 Å². The van der Waals surface area contributed by atoms with E-state index < -0.39 is 0 Å². The number of hydrogen-bond donors (Lipinski definition) is 1. The van der Waals surface area contributed by atoms with E-state index in [-0.39, 0.29) is 11.7 Å². The Labute approximate surface area is 111 Å². The molecule has 2 heterocycles. The smallest absolute Gasteiger partial charge is 0.191 e. The van der Waals surface area contributed by atoms with Gasteiger partial charge in [0.05, 0.1) is 17.9 Å². The highest BCUT2D eigenvalue weighted by Crippen LogP contribution is 2.33. The summed E-state index contributed by atoms with van der Waals surface area (Å²) in [6.45, 7) is 1.22. The first-order valence-electron chi connectivity index (χ1n) is 6.49. The van der Waals surface area contributed by atoms with Crippen LogP contribution in [0.3, 0.4) is 0 Å². The molecule has 0 saturated heterocycles. The Morgan fingerprint density at radius 2 is 2.37 bits per heavy atom. The van der Waals surface area contributed by atoms with Crippen LogP contribution in [-0.2, 0) is 13.0 Å². The molecule has 0 radical (unpaired) electrons. The Bertz CT molecular complexity index is 605. The number of aryl methyl sites for hydroxylation is 1. The van der Waals surface area contributed by atoms with Gasteiger partial charge in [-0.3, -0.25) is 9.78 Å². The summed E-state index contributed by atoms with van der Waals surface area (Å²) in [7, 11) is 0. The summed E-state index contributed by atoms with van der Waals surface area (Å²) < 4.78 is 1.85. The molecule has 2 N–H and O–H groups in total. The predicted octanol–water partition coefficient (Wildman–Crippen LogP) is 1.15. The van der Waals surface area contributed by atoms with Gasteiger partial charge in [-0.2, -0.15) is 0 Å². The second-order valence-corrected chi connectivity index (χ2v) is 4.79. The topological polar surface area (TPSA) is 73.8 Å². The third-order valence-corrected chi connectivity index (χ3v) is 3.55.